The minimum Gasteiger partial charge on any atom is -0.504 e. The van der Waals surface area contributed by atoms with Gasteiger partial charge in [0.25, 0.3) is 0 Å². The van der Waals surface area contributed by atoms with Crippen molar-refractivity contribution < 1.29 is 34.3 Å². The first-order chi connectivity index (χ1) is 13.5. The van der Waals surface area contributed by atoms with E-state index in [2.05, 4.69) is 0 Å². The van der Waals surface area contributed by atoms with E-state index in [1.165, 1.54) is 14.2 Å². The summed E-state index contributed by atoms with van der Waals surface area (Å²) in [4.78, 5) is 1.98. The zero-order valence-corrected chi connectivity index (χ0v) is 15.7. The number of hydrogen-bond acceptors (Lipinski definition) is 8. The van der Waals surface area contributed by atoms with Gasteiger partial charge in [-0.25, -0.2) is 4.90 Å². The van der Waals surface area contributed by atoms with Crippen molar-refractivity contribution in [3.63, 3.8) is 0 Å². The molecule has 2 fully saturated rings. The number of rotatable bonds is 5. The molecule has 0 aliphatic carbocycles. The first-order valence-corrected chi connectivity index (χ1v) is 8.89. The van der Waals surface area contributed by atoms with Gasteiger partial charge in [0.1, 0.15) is 12.5 Å². The Hall–Kier alpha value is -2.52. The van der Waals surface area contributed by atoms with Gasteiger partial charge in [0.2, 0.25) is 0 Å². The molecule has 150 valence electrons. The quantitative estimate of drug-likeness (QED) is 0.713. The summed E-state index contributed by atoms with van der Waals surface area (Å²) >= 11 is 0. The summed E-state index contributed by atoms with van der Waals surface area (Å²) in [6, 6.07) is 10.0. The molecule has 0 aromatic heterocycles. The Morgan fingerprint density at radius 1 is 0.929 bits per heavy atom. The van der Waals surface area contributed by atoms with Crippen molar-refractivity contribution in [1.29, 1.82) is 0 Å². The molecule has 2 atom stereocenters. The third-order valence-corrected chi connectivity index (χ3v) is 5.34. The van der Waals surface area contributed by atoms with Crippen molar-refractivity contribution in [2.75, 3.05) is 34.0 Å². The second-order valence-corrected chi connectivity index (χ2v) is 6.98. The van der Waals surface area contributed by atoms with Crippen LogP contribution in [0.3, 0.4) is 0 Å². The van der Waals surface area contributed by atoms with E-state index in [4.69, 9.17) is 18.9 Å². The topological polar surface area (TPSA) is 101 Å². The van der Waals surface area contributed by atoms with Gasteiger partial charge in [-0.1, -0.05) is 12.1 Å². The number of aliphatic hydroxyl groups excluding tert-OH is 1. The predicted molar refractivity (Wildman–Crippen MR) is 98.4 cm³/mol. The fourth-order valence-corrected chi connectivity index (χ4v) is 3.82. The van der Waals surface area contributed by atoms with Gasteiger partial charge in [0, 0.05) is 0 Å². The van der Waals surface area contributed by atoms with E-state index in [-0.39, 0.29) is 18.1 Å². The van der Waals surface area contributed by atoms with Crippen molar-refractivity contribution in [2.45, 2.75) is 18.0 Å². The Morgan fingerprint density at radius 3 is 1.79 bits per heavy atom. The summed E-state index contributed by atoms with van der Waals surface area (Å²) in [5.41, 5.74) is 0.850. The van der Waals surface area contributed by atoms with E-state index in [1.807, 2.05) is 4.90 Å². The summed E-state index contributed by atoms with van der Waals surface area (Å²) in [5.74, 6) is 0.751. The number of methoxy groups -OCH3 is 2. The maximum absolute atomic E-state index is 10.1. The van der Waals surface area contributed by atoms with Gasteiger partial charge in [-0.2, -0.15) is 0 Å². The summed E-state index contributed by atoms with van der Waals surface area (Å²) in [6.07, 6.45) is -1.01. The van der Waals surface area contributed by atoms with Crippen LogP contribution in [-0.2, 0) is 9.47 Å². The average Bonchev–Trinajstić information content (AvgIpc) is 3.27. The molecule has 0 radical (unpaired) electrons. The van der Waals surface area contributed by atoms with Crippen LogP contribution < -0.4 is 9.47 Å². The lowest BCUT2D eigenvalue weighted by Gasteiger charge is -2.33. The molecule has 2 aliphatic rings. The van der Waals surface area contributed by atoms with Crippen molar-refractivity contribution >= 4 is 0 Å². The SMILES string of the molecule is COc1cc(C2OCC3(CO)COC(c4ccc(O)c(OC)c4)N23)ccc1O. The van der Waals surface area contributed by atoms with Gasteiger partial charge < -0.3 is 34.3 Å². The highest BCUT2D eigenvalue weighted by atomic mass is 16.6. The summed E-state index contributed by atoms with van der Waals surface area (Å²) in [7, 11) is 2.97. The molecule has 8 heteroatoms. The lowest BCUT2D eigenvalue weighted by Crippen LogP contribution is -2.47. The number of benzene rings is 2. The number of fused-ring (bicyclic) bond motifs is 1. The van der Waals surface area contributed by atoms with Crippen LogP contribution in [0.4, 0.5) is 0 Å². The number of aliphatic hydroxyl groups is 1. The van der Waals surface area contributed by atoms with Crippen molar-refractivity contribution in [1.82, 2.24) is 4.90 Å². The number of nitrogens with zero attached hydrogens (tertiary/aromatic N) is 1. The molecule has 8 nitrogen and oxygen atoms in total. The first kappa shape index (κ1) is 18.8. The predicted octanol–water partition coefficient (Wildman–Crippen LogP) is 1.91. The fraction of sp³-hybridized carbons (Fsp3) is 0.400. The molecule has 2 aliphatic heterocycles. The molecular formula is C20H23NO7. The molecule has 28 heavy (non-hydrogen) atoms. The molecule has 2 saturated heterocycles. The van der Waals surface area contributed by atoms with Crippen LogP contribution in [0, 0.1) is 0 Å². The highest BCUT2D eigenvalue weighted by Gasteiger charge is 2.56. The van der Waals surface area contributed by atoms with E-state index in [0.29, 0.717) is 24.7 Å². The Bertz CT molecular complexity index is 806. The van der Waals surface area contributed by atoms with Crippen LogP contribution in [0.5, 0.6) is 23.0 Å². The van der Waals surface area contributed by atoms with E-state index in [1.54, 1.807) is 36.4 Å². The standard InChI is InChI=1S/C20H23NO7/c1-25-16-7-12(3-5-14(16)23)18-21-19(28-11-20(21,9-22)10-27-18)13-4-6-15(24)17(8-13)26-2/h3-8,18-19,22-24H,9-11H2,1-2H3. The Labute approximate surface area is 162 Å². The zero-order chi connectivity index (χ0) is 19.9. The molecule has 2 aromatic rings. The summed E-state index contributed by atoms with van der Waals surface area (Å²) in [5, 5.41) is 29.9. The molecule has 4 rings (SSSR count). The Balaban J connectivity index is 1.74. The summed E-state index contributed by atoms with van der Waals surface area (Å²) < 4.78 is 22.5. The van der Waals surface area contributed by atoms with E-state index >= 15 is 0 Å². The molecular weight excluding hydrogens is 366 g/mol. The van der Waals surface area contributed by atoms with E-state index in [9.17, 15) is 15.3 Å². The number of aromatic hydroxyl groups is 2. The molecule has 2 heterocycles. The smallest absolute Gasteiger partial charge is 0.160 e. The third-order valence-electron chi connectivity index (χ3n) is 5.34. The van der Waals surface area contributed by atoms with E-state index in [0.717, 1.165) is 11.1 Å². The van der Waals surface area contributed by atoms with Crippen LogP contribution in [0.25, 0.3) is 0 Å². The number of hydrogen-bond donors (Lipinski definition) is 3. The van der Waals surface area contributed by atoms with Crippen LogP contribution >= 0.6 is 0 Å². The maximum atomic E-state index is 10.1. The number of phenolic OH excluding ortho intramolecular Hbond substituents is 2. The van der Waals surface area contributed by atoms with Crippen molar-refractivity contribution in [2.24, 2.45) is 0 Å². The second-order valence-electron chi connectivity index (χ2n) is 6.98. The van der Waals surface area contributed by atoms with Crippen molar-refractivity contribution in [3.05, 3.63) is 47.5 Å². The van der Waals surface area contributed by atoms with Crippen LogP contribution in [-0.4, -0.2) is 59.8 Å². The maximum Gasteiger partial charge on any atom is 0.160 e. The van der Waals surface area contributed by atoms with Gasteiger partial charge in [-0.3, -0.25) is 0 Å². The van der Waals surface area contributed by atoms with Gasteiger partial charge in [0.05, 0.1) is 39.6 Å². The summed E-state index contributed by atoms with van der Waals surface area (Å²) in [6.45, 7) is 0.455. The van der Waals surface area contributed by atoms with Gasteiger partial charge in [0.15, 0.2) is 23.0 Å². The van der Waals surface area contributed by atoms with Crippen molar-refractivity contribution in [3.8, 4) is 23.0 Å². The molecule has 3 N–H and O–H groups in total. The van der Waals surface area contributed by atoms with Gasteiger partial charge >= 0.3 is 0 Å². The fourth-order valence-electron chi connectivity index (χ4n) is 3.82. The lowest BCUT2D eigenvalue weighted by molar-refractivity contribution is -0.0631. The average molecular weight is 389 g/mol. The van der Waals surface area contributed by atoms with Crippen LogP contribution in [0.2, 0.25) is 0 Å². The lowest BCUT2D eigenvalue weighted by atomic mass is 10.0. The normalized spacial score (nSPS) is 27.0. The minimum atomic E-state index is -0.689. The van der Waals surface area contributed by atoms with Crippen LogP contribution in [0.1, 0.15) is 23.6 Å². The van der Waals surface area contributed by atoms with Gasteiger partial charge in [-0.05, 0) is 35.4 Å². The molecule has 0 amide bonds. The van der Waals surface area contributed by atoms with Crippen LogP contribution in [0.15, 0.2) is 36.4 Å². The third kappa shape index (κ3) is 2.85. The minimum absolute atomic E-state index is 0.0372. The molecule has 2 unspecified atom stereocenters. The molecule has 0 saturated carbocycles. The highest BCUT2D eigenvalue weighted by Crippen LogP contribution is 2.50. The number of phenols is 2. The number of ether oxygens (including phenoxy) is 4. The first-order valence-electron chi connectivity index (χ1n) is 8.89. The Morgan fingerprint density at radius 2 is 1.39 bits per heavy atom. The molecule has 0 bridgehead atoms. The monoisotopic (exact) mass is 389 g/mol. The second kappa shape index (κ2) is 7.14. The Kier molecular flexibility index (Phi) is 4.80. The van der Waals surface area contributed by atoms with Gasteiger partial charge in [-0.15, -0.1) is 0 Å². The van der Waals surface area contributed by atoms with E-state index < -0.39 is 18.0 Å². The largest absolute Gasteiger partial charge is 0.504 e. The molecule has 2 aromatic carbocycles. The highest BCUT2D eigenvalue weighted by molar-refractivity contribution is 5.44. The zero-order valence-electron chi connectivity index (χ0n) is 15.7. The molecule has 0 spiro atoms.